The number of hydrogen-bond donors (Lipinski definition) is 1. The Bertz CT molecular complexity index is 450. The van der Waals surface area contributed by atoms with Crippen molar-refractivity contribution >= 4 is 0 Å². The lowest BCUT2D eigenvalue weighted by Crippen LogP contribution is -2.49. The van der Waals surface area contributed by atoms with Crippen LogP contribution in [0.2, 0.25) is 0 Å². The fourth-order valence-electron chi connectivity index (χ4n) is 2.55. The minimum atomic E-state index is -0.791. The summed E-state index contributed by atoms with van der Waals surface area (Å²) in [5.74, 6) is 0.589. The zero-order chi connectivity index (χ0) is 15.9. The van der Waals surface area contributed by atoms with E-state index in [0.29, 0.717) is 12.5 Å². The van der Waals surface area contributed by atoms with E-state index >= 15 is 0 Å². The van der Waals surface area contributed by atoms with Crippen molar-refractivity contribution in [2.75, 3.05) is 6.61 Å². The Morgan fingerprint density at radius 2 is 1.76 bits per heavy atom. The van der Waals surface area contributed by atoms with E-state index in [1.165, 1.54) is 0 Å². The summed E-state index contributed by atoms with van der Waals surface area (Å²) in [7, 11) is 0. The normalized spacial score (nSPS) is 15.7. The van der Waals surface area contributed by atoms with E-state index in [4.69, 9.17) is 4.74 Å². The van der Waals surface area contributed by atoms with Crippen LogP contribution in [-0.2, 0) is 10.3 Å². The van der Waals surface area contributed by atoms with Crippen LogP contribution in [0.15, 0.2) is 30.3 Å². The lowest BCUT2D eigenvalue weighted by atomic mass is 9.91. The van der Waals surface area contributed by atoms with Crippen LogP contribution in [0.25, 0.3) is 0 Å². The molecule has 0 amide bonds. The van der Waals surface area contributed by atoms with Crippen LogP contribution in [0, 0.1) is 17.2 Å². The van der Waals surface area contributed by atoms with Crippen molar-refractivity contribution in [1.82, 2.24) is 5.32 Å². The summed E-state index contributed by atoms with van der Waals surface area (Å²) in [6.07, 6.45) is 1.15. The number of rotatable bonds is 8. The van der Waals surface area contributed by atoms with Crippen molar-refractivity contribution in [3.63, 3.8) is 0 Å². The molecule has 0 bridgehead atoms. The Morgan fingerprint density at radius 1 is 1.14 bits per heavy atom. The van der Waals surface area contributed by atoms with Crippen molar-refractivity contribution < 1.29 is 4.74 Å². The highest BCUT2D eigenvalue weighted by molar-refractivity contribution is 5.31. The van der Waals surface area contributed by atoms with Crippen LogP contribution in [-0.4, -0.2) is 18.8 Å². The SMILES string of the molecule is CC(C)CC(C)OCC(C#N)(NC(C)C)c1ccccc1. The average molecular weight is 288 g/mol. The van der Waals surface area contributed by atoms with Gasteiger partial charge in [0, 0.05) is 6.04 Å². The van der Waals surface area contributed by atoms with Crippen molar-refractivity contribution in [2.45, 2.75) is 58.7 Å². The van der Waals surface area contributed by atoms with Gasteiger partial charge in [0.2, 0.25) is 0 Å². The molecule has 0 saturated carbocycles. The molecule has 21 heavy (non-hydrogen) atoms. The molecule has 0 aromatic heterocycles. The van der Waals surface area contributed by atoms with Crippen molar-refractivity contribution in [3.8, 4) is 6.07 Å². The number of nitrogens with zero attached hydrogens (tertiary/aromatic N) is 1. The molecular formula is C18H28N2O. The molecule has 0 fully saturated rings. The van der Waals surface area contributed by atoms with Crippen LogP contribution in [0.3, 0.4) is 0 Å². The van der Waals surface area contributed by atoms with Gasteiger partial charge in [0.05, 0.1) is 18.8 Å². The zero-order valence-electron chi connectivity index (χ0n) is 13.9. The van der Waals surface area contributed by atoms with Gasteiger partial charge >= 0.3 is 0 Å². The van der Waals surface area contributed by atoms with Gasteiger partial charge in [-0.05, 0) is 38.7 Å². The Balaban J connectivity index is 2.90. The van der Waals surface area contributed by atoms with Gasteiger partial charge in [-0.3, -0.25) is 5.32 Å². The first-order valence-corrected chi connectivity index (χ1v) is 7.75. The Hall–Kier alpha value is -1.37. The third-order valence-electron chi connectivity index (χ3n) is 3.38. The van der Waals surface area contributed by atoms with Gasteiger partial charge < -0.3 is 4.74 Å². The lowest BCUT2D eigenvalue weighted by molar-refractivity contribution is 0.0196. The van der Waals surface area contributed by atoms with Crippen molar-refractivity contribution in [3.05, 3.63) is 35.9 Å². The first-order chi connectivity index (χ1) is 9.89. The summed E-state index contributed by atoms with van der Waals surface area (Å²) in [5.41, 5.74) is 0.165. The molecule has 116 valence electrons. The number of benzene rings is 1. The minimum Gasteiger partial charge on any atom is -0.375 e. The maximum absolute atomic E-state index is 9.78. The summed E-state index contributed by atoms with van der Waals surface area (Å²) in [6, 6.07) is 12.5. The molecular weight excluding hydrogens is 260 g/mol. The van der Waals surface area contributed by atoms with Crippen LogP contribution < -0.4 is 5.32 Å². The Labute approximate surface area is 129 Å². The van der Waals surface area contributed by atoms with Gasteiger partial charge in [-0.25, -0.2) is 0 Å². The van der Waals surface area contributed by atoms with E-state index in [2.05, 4.69) is 32.2 Å². The monoisotopic (exact) mass is 288 g/mol. The molecule has 0 saturated heterocycles. The highest BCUT2D eigenvalue weighted by atomic mass is 16.5. The molecule has 3 nitrogen and oxygen atoms in total. The first kappa shape index (κ1) is 17.7. The lowest BCUT2D eigenvalue weighted by Gasteiger charge is -2.32. The molecule has 0 radical (unpaired) electrons. The minimum absolute atomic E-state index is 0.149. The zero-order valence-corrected chi connectivity index (χ0v) is 13.9. The van der Waals surface area contributed by atoms with E-state index in [1.807, 2.05) is 44.2 Å². The van der Waals surface area contributed by atoms with Crippen LogP contribution in [0.4, 0.5) is 0 Å². The van der Waals surface area contributed by atoms with Gasteiger partial charge in [0.1, 0.15) is 0 Å². The van der Waals surface area contributed by atoms with Crippen LogP contribution in [0.1, 0.15) is 46.6 Å². The summed E-state index contributed by atoms with van der Waals surface area (Å²) in [5, 5.41) is 13.2. The van der Waals surface area contributed by atoms with E-state index in [0.717, 1.165) is 12.0 Å². The third-order valence-corrected chi connectivity index (χ3v) is 3.38. The number of nitriles is 1. The number of hydrogen-bond acceptors (Lipinski definition) is 3. The molecule has 3 heteroatoms. The van der Waals surface area contributed by atoms with Crippen LogP contribution >= 0.6 is 0 Å². The second kappa shape index (κ2) is 8.17. The average Bonchev–Trinajstić information content (AvgIpc) is 2.43. The maximum atomic E-state index is 9.78. The van der Waals surface area contributed by atoms with Crippen molar-refractivity contribution in [2.24, 2.45) is 5.92 Å². The molecule has 2 unspecified atom stereocenters. The molecule has 1 N–H and O–H groups in total. The molecule has 0 aliphatic carbocycles. The molecule has 0 spiro atoms. The molecule has 1 rings (SSSR count). The molecule has 1 aromatic rings. The summed E-state index contributed by atoms with van der Waals surface area (Å²) in [6.45, 7) is 10.9. The predicted molar refractivity (Wildman–Crippen MR) is 86.9 cm³/mol. The molecule has 1 aromatic carbocycles. The van der Waals surface area contributed by atoms with E-state index in [9.17, 15) is 5.26 Å². The van der Waals surface area contributed by atoms with Crippen LogP contribution in [0.5, 0.6) is 0 Å². The maximum Gasteiger partial charge on any atom is 0.156 e. The largest absolute Gasteiger partial charge is 0.375 e. The van der Waals surface area contributed by atoms with Gasteiger partial charge in [-0.1, -0.05) is 44.2 Å². The highest BCUT2D eigenvalue weighted by Gasteiger charge is 2.33. The number of nitrogens with one attached hydrogen (secondary N) is 1. The fourth-order valence-corrected chi connectivity index (χ4v) is 2.55. The molecule has 0 aliphatic rings. The Morgan fingerprint density at radius 3 is 2.24 bits per heavy atom. The molecule has 2 atom stereocenters. The topological polar surface area (TPSA) is 45.0 Å². The standard InChI is InChI=1S/C18H28N2O/c1-14(2)11-16(5)21-13-18(12-19,20-15(3)4)17-9-7-6-8-10-17/h6-10,14-16,20H,11,13H2,1-5H3. The van der Waals surface area contributed by atoms with E-state index in [1.54, 1.807) is 0 Å². The molecule has 0 aliphatic heterocycles. The smallest absolute Gasteiger partial charge is 0.156 e. The summed E-state index contributed by atoms with van der Waals surface area (Å²) < 4.78 is 5.98. The van der Waals surface area contributed by atoms with E-state index < -0.39 is 5.54 Å². The summed E-state index contributed by atoms with van der Waals surface area (Å²) >= 11 is 0. The van der Waals surface area contributed by atoms with E-state index in [-0.39, 0.29) is 12.1 Å². The van der Waals surface area contributed by atoms with Gasteiger partial charge in [-0.15, -0.1) is 0 Å². The molecule has 0 heterocycles. The fraction of sp³-hybridized carbons (Fsp3) is 0.611. The highest BCUT2D eigenvalue weighted by Crippen LogP contribution is 2.23. The third kappa shape index (κ3) is 5.49. The van der Waals surface area contributed by atoms with Gasteiger partial charge in [-0.2, -0.15) is 5.26 Å². The quantitative estimate of drug-likeness (QED) is 0.790. The second-order valence-corrected chi connectivity index (χ2v) is 6.43. The second-order valence-electron chi connectivity index (χ2n) is 6.43. The first-order valence-electron chi connectivity index (χ1n) is 7.75. The predicted octanol–water partition coefficient (Wildman–Crippen LogP) is 3.85. The Kier molecular flexibility index (Phi) is 6.87. The summed E-state index contributed by atoms with van der Waals surface area (Å²) in [4.78, 5) is 0. The van der Waals surface area contributed by atoms with Gasteiger partial charge in [0.25, 0.3) is 0 Å². The van der Waals surface area contributed by atoms with Crippen molar-refractivity contribution in [1.29, 1.82) is 5.26 Å². The number of ether oxygens (including phenoxy) is 1. The van der Waals surface area contributed by atoms with Gasteiger partial charge in [0.15, 0.2) is 5.54 Å².